The van der Waals surface area contributed by atoms with Crippen LogP contribution >= 0.6 is 0 Å². The molecule has 0 aliphatic carbocycles. The van der Waals surface area contributed by atoms with Crippen LogP contribution in [-0.2, 0) is 10.0 Å². The topological polar surface area (TPSA) is 68.7 Å². The molecule has 1 aliphatic heterocycles. The second-order valence-corrected chi connectivity index (χ2v) is 8.47. The zero-order valence-electron chi connectivity index (χ0n) is 15.1. The van der Waals surface area contributed by atoms with Gasteiger partial charge in [-0.25, -0.2) is 13.4 Å². The predicted molar refractivity (Wildman–Crippen MR) is 103 cm³/mol. The van der Waals surface area contributed by atoms with Crippen LogP contribution in [0.4, 0.5) is 0 Å². The first-order chi connectivity index (χ1) is 13.0. The number of methoxy groups -OCH3 is 1. The Bertz CT molecular complexity index is 1090. The lowest BCUT2D eigenvalue weighted by atomic mass is 10.2. The maximum Gasteiger partial charge on any atom is 0.243 e. The zero-order valence-corrected chi connectivity index (χ0v) is 15.9. The normalized spacial score (nSPS) is 15.5. The highest BCUT2D eigenvalue weighted by Gasteiger charge is 2.38. The summed E-state index contributed by atoms with van der Waals surface area (Å²) in [6.45, 7) is 2.44. The van der Waals surface area contributed by atoms with Crippen molar-refractivity contribution < 1.29 is 17.9 Å². The number of sulfonamides is 1. The summed E-state index contributed by atoms with van der Waals surface area (Å²) in [6.07, 6.45) is -0.201. The largest absolute Gasteiger partial charge is 0.496 e. The second-order valence-electron chi connectivity index (χ2n) is 6.54. The lowest BCUT2D eigenvalue weighted by molar-refractivity contribution is 0.0724. The van der Waals surface area contributed by atoms with Crippen molar-refractivity contribution in [2.75, 3.05) is 20.2 Å². The lowest BCUT2D eigenvalue weighted by Crippen LogP contribution is -2.56. The summed E-state index contributed by atoms with van der Waals surface area (Å²) in [5.41, 5.74) is 1.64. The van der Waals surface area contributed by atoms with Crippen LogP contribution in [-0.4, -0.2) is 44.0 Å². The van der Waals surface area contributed by atoms with Crippen LogP contribution in [0.3, 0.4) is 0 Å². The van der Waals surface area contributed by atoms with Crippen molar-refractivity contribution in [3.8, 4) is 11.6 Å². The van der Waals surface area contributed by atoms with E-state index >= 15 is 0 Å². The molecule has 27 heavy (non-hydrogen) atoms. The fourth-order valence-corrected chi connectivity index (χ4v) is 4.70. The molecule has 1 saturated heterocycles. The van der Waals surface area contributed by atoms with Gasteiger partial charge in [-0.2, -0.15) is 4.31 Å². The van der Waals surface area contributed by atoms with E-state index in [0.717, 1.165) is 16.5 Å². The van der Waals surface area contributed by atoms with Gasteiger partial charge in [-0.05, 0) is 42.8 Å². The number of para-hydroxylation sites is 1. The number of aromatic nitrogens is 1. The molecule has 140 valence electrons. The Labute approximate surface area is 158 Å². The van der Waals surface area contributed by atoms with E-state index < -0.39 is 10.0 Å². The van der Waals surface area contributed by atoms with Crippen molar-refractivity contribution in [1.29, 1.82) is 0 Å². The lowest BCUT2D eigenvalue weighted by Gasteiger charge is -2.37. The molecule has 1 fully saturated rings. The minimum Gasteiger partial charge on any atom is -0.496 e. The molecule has 0 N–H and O–H groups in total. The molecule has 0 spiro atoms. The maximum absolute atomic E-state index is 12.8. The SMILES string of the molecule is COc1ccc(S(=O)(=O)N2CC(Oc3ccc4ccccc4n3)C2)cc1C. The van der Waals surface area contributed by atoms with Crippen molar-refractivity contribution in [2.24, 2.45) is 0 Å². The van der Waals surface area contributed by atoms with Gasteiger partial charge in [-0.1, -0.05) is 18.2 Å². The van der Waals surface area contributed by atoms with Crippen LogP contribution in [0.1, 0.15) is 5.56 Å². The fourth-order valence-electron chi connectivity index (χ4n) is 3.12. The Hall–Kier alpha value is -2.64. The van der Waals surface area contributed by atoms with Crippen molar-refractivity contribution >= 4 is 20.9 Å². The number of rotatable bonds is 5. The van der Waals surface area contributed by atoms with E-state index in [9.17, 15) is 8.42 Å². The van der Waals surface area contributed by atoms with Gasteiger partial charge in [-0.15, -0.1) is 0 Å². The summed E-state index contributed by atoms with van der Waals surface area (Å²) in [5, 5.41) is 1.04. The molecule has 1 aromatic heterocycles. The average Bonchev–Trinajstić information content (AvgIpc) is 2.64. The number of ether oxygens (including phenoxy) is 2. The van der Waals surface area contributed by atoms with Crippen molar-refractivity contribution in [3.05, 3.63) is 60.2 Å². The number of nitrogens with zero attached hydrogens (tertiary/aromatic N) is 2. The smallest absolute Gasteiger partial charge is 0.243 e. The molecule has 3 aromatic rings. The molecule has 2 aromatic carbocycles. The standard InChI is InChI=1S/C20H20N2O4S/c1-14-11-17(8-9-19(14)25-2)27(23,24)22-12-16(13-22)26-20-10-7-15-5-3-4-6-18(15)21-20/h3-11,16H,12-13H2,1-2H3. The number of benzene rings is 2. The van der Waals surface area contributed by atoms with Gasteiger partial charge in [0.2, 0.25) is 15.9 Å². The third kappa shape index (κ3) is 3.36. The second kappa shape index (κ2) is 6.83. The Morgan fingerprint density at radius 2 is 1.85 bits per heavy atom. The molecule has 0 amide bonds. The highest BCUT2D eigenvalue weighted by Crippen LogP contribution is 2.28. The molecule has 0 saturated carbocycles. The monoisotopic (exact) mass is 384 g/mol. The number of hydrogen-bond donors (Lipinski definition) is 0. The highest BCUT2D eigenvalue weighted by molar-refractivity contribution is 7.89. The van der Waals surface area contributed by atoms with E-state index in [0.29, 0.717) is 24.7 Å². The molecule has 1 aliphatic rings. The predicted octanol–water partition coefficient (Wildman–Crippen LogP) is 3.00. The first kappa shape index (κ1) is 17.8. The average molecular weight is 384 g/mol. The van der Waals surface area contributed by atoms with E-state index in [4.69, 9.17) is 9.47 Å². The van der Waals surface area contributed by atoms with Gasteiger partial charge >= 0.3 is 0 Å². The fraction of sp³-hybridized carbons (Fsp3) is 0.250. The van der Waals surface area contributed by atoms with Crippen molar-refractivity contribution in [3.63, 3.8) is 0 Å². The van der Waals surface area contributed by atoms with E-state index in [-0.39, 0.29) is 11.0 Å². The summed E-state index contributed by atoms with van der Waals surface area (Å²) in [4.78, 5) is 4.74. The first-order valence-electron chi connectivity index (χ1n) is 8.64. The van der Waals surface area contributed by atoms with Crippen LogP contribution in [0.5, 0.6) is 11.6 Å². The minimum absolute atomic E-state index is 0.201. The van der Waals surface area contributed by atoms with Crippen molar-refractivity contribution in [1.82, 2.24) is 9.29 Å². The van der Waals surface area contributed by atoms with Gasteiger partial charge in [0, 0.05) is 11.5 Å². The van der Waals surface area contributed by atoms with Crippen LogP contribution in [0.15, 0.2) is 59.5 Å². The third-order valence-electron chi connectivity index (χ3n) is 4.68. The summed E-state index contributed by atoms with van der Waals surface area (Å²) in [6, 6.07) is 16.4. The Morgan fingerprint density at radius 3 is 2.59 bits per heavy atom. The first-order valence-corrected chi connectivity index (χ1v) is 10.1. The quantitative estimate of drug-likeness (QED) is 0.676. The highest BCUT2D eigenvalue weighted by atomic mass is 32.2. The Kier molecular flexibility index (Phi) is 4.49. The summed E-state index contributed by atoms with van der Waals surface area (Å²) in [5.74, 6) is 1.18. The van der Waals surface area contributed by atoms with E-state index in [1.165, 1.54) is 4.31 Å². The maximum atomic E-state index is 12.8. The number of aryl methyl sites for hydroxylation is 1. The third-order valence-corrected chi connectivity index (χ3v) is 6.51. The molecule has 2 heterocycles. The number of pyridine rings is 1. The number of fused-ring (bicyclic) bond motifs is 1. The van der Waals surface area contributed by atoms with Gasteiger partial charge in [0.1, 0.15) is 11.9 Å². The van der Waals surface area contributed by atoms with Gasteiger partial charge in [-0.3, -0.25) is 0 Å². The van der Waals surface area contributed by atoms with Crippen LogP contribution in [0, 0.1) is 6.92 Å². The molecule has 0 unspecified atom stereocenters. The summed E-state index contributed by atoms with van der Waals surface area (Å²) in [7, 11) is -1.97. The van der Waals surface area contributed by atoms with E-state index in [1.54, 1.807) is 25.3 Å². The molecule has 0 bridgehead atoms. The van der Waals surface area contributed by atoms with Gasteiger partial charge < -0.3 is 9.47 Å². The Balaban J connectivity index is 1.44. The molecule has 6 nitrogen and oxygen atoms in total. The van der Waals surface area contributed by atoms with Crippen LogP contribution in [0.2, 0.25) is 0 Å². The van der Waals surface area contributed by atoms with Crippen LogP contribution < -0.4 is 9.47 Å². The molecular formula is C20H20N2O4S. The summed E-state index contributed by atoms with van der Waals surface area (Å²) >= 11 is 0. The molecular weight excluding hydrogens is 364 g/mol. The van der Waals surface area contributed by atoms with Crippen LogP contribution in [0.25, 0.3) is 10.9 Å². The van der Waals surface area contributed by atoms with E-state index in [2.05, 4.69) is 4.98 Å². The molecule has 7 heteroatoms. The van der Waals surface area contributed by atoms with E-state index in [1.807, 2.05) is 43.3 Å². The molecule has 0 radical (unpaired) electrons. The molecule has 4 rings (SSSR count). The van der Waals surface area contributed by atoms with Gasteiger partial charge in [0.25, 0.3) is 0 Å². The number of hydrogen-bond acceptors (Lipinski definition) is 5. The van der Waals surface area contributed by atoms with Gasteiger partial charge in [0.05, 0.1) is 30.6 Å². The van der Waals surface area contributed by atoms with Gasteiger partial charge in [0.15, 0.2) is 0 Å². The molecule has 0 atom stereocenters. The zero-order chi connectivity index (χ0) is 19.0. The Morgan fingerprint density at radius 1 is 1.07 bits per heavy atom. The summed E-state index contributed by atoms with van der Waals surface area (Å²) < 4.78 is 38.0. The van der Waals surface area contributed by atoms with Crippen molar-refractivity contribution in [2.45, 2.75) is 17.9 Å². The minimum atomic E-state index is -3.53.